The van der Waals surface area contributed by atoms with Gasteiger partial charge in [-0.05, 0) is 37.5 Å². The molecule has 1 aromatic rings. The van der Waals surface area contributed by atoms with Crippen LogP contribution in [0.25, 0.3) is 0 Å². The lowest BCUT2D eigenvalue weighted by Gasteiger charge is -2.38. The number of carbonyl (C=O) groups is 2. The standard InChI is InChI=1S/C20H30N4O5/c1-13(2)16-21-19(29-22-16)23-7-5-20(6-8-23)11-15(18(26)27)24(12-20)17(25)14-3-9-28-10-4-14/h13-15H,3-12H2,1-2H3,(H,26,27). The summed E-state index contributed by atoms with van der Waals surface area (Å²) < 4.78 is 10.8. The summed E-state index contributed by atoms with van der Waals surface area (Å²) in [6.45, 7) is 7.17. The number of carboxylic acids is 1. The van der Waals surface area contributed by atoms with Gasteiger partial charge < -0.3 is 24.2 Å². The number of amides is 1. The molecule has 0 bridgehead atoms. The first-order valence-corrected chi connectivity index (χ1v) is 10.6. The highest BCUT2D eigenvalue weighted by atomic mass is 16.5. The molecule has 160 valence electrons. The van der Waals surface area contributed by atoms with Crippen molar-refractivity contribution in [3.05, 3.63) is 5.82 Å². The summed E-state index contributed by atoms with van der Waals surface area (Å²) in [5.41, 5.74) is -0.152. The number of nitrogens with zero attached hydrogens (tertiary/aromatic N) is 4. The zero-order valence-electron chi connectivity index (χ0n) is 17.2. The molecule has 29 heavy (non-hydrogen) atoms. The summed E-state index contributed by atoms with van der Waals surface area (Å²) >= 11 is 0. The molecule has 0 saturated carbocycles. The number of aliphatic carboxylic acids is 1. The first-order chi connectivity index (χ1) is 13.9. The van der Waals surface area contributed by atoms with E-state index in [-0.39, 0.29) is 23.2 Å². The van der Waals surface area contributed by atoms with Crippen molar-refractivity contribution in [2.75, 3.05) is 37.7 Å². The van der Waals surface area contributed by atoms with Gasteiger partial charge in [-0.1, -0.05) is 19.0 Å². The van der Waals surface area contributed by atoms with Crippen LogP contribution in [0.1, 0.15) is 57.7 Å². The normalized spacial score (nSPS) is 25.1. The predicted molar refractivity (Wildman–Crippen MR) is 104 cm³/mol. The molecular weight excluding hydrogens is 376 g/mol. The third kappa shape index (κ3) is 3.97. The molecule has 3 saturated heterocycles. The van der Waals surface area contributed by atoms with E-state index in [0.29, 0.717) is 50.9 Å². The highest BCUT2D eigenvalue weighted by molar-refractivity contribution is 5.86. The van der Waals surface area contributed by atoms with E-state index in [2.05, 4.69) is 15.0 Å². The van der Waals surface area contributed by atoms with Crippen molar-refractivity contribution >= 4 is 17.9 Å². The van der Waals surface area contributed by atoms with Crippen molar-refractivity contribution in [1.82, 2.24) is 15.0 Å². The molecule has 1 amide bonds. The van der Waals surface area contributed by atoms with Crippen LogP contribution < -0.4 is 4.90 Å². The van der Waals surface area contributed by atoms with Gasteiger partial charge in [0.15, 0.2) is 5.82 Å². The SMILES string of the molecule is CC(C)c1noc(N2CCC3(CC2)CC(C(=O)O)N(C(=O)C2CCOCC2)C3)n1. The molecule has 1 spiro atoms. The molecule has 4 rings (SSSR count). The Hall–Kier alpha value is -2.16. The van der Waals surface area contributed by atoms with Crippen LogP contribution in [0, 0.1) is 11.3 Å². The second-order valence-electron chi connectivity index (χ2n) is 8.99. The number of carbonyl (C=O) groups excluding carboxylic acids is 1. The van der Waals surface area contributed by atoms with Crippen LogP contribution in [0.4, 0.5) is 6.01 Å². The van der Waals surface area contributed by atoms with Crippen molar-refractivity contribution in [1.29, 1.82) is 0 Å². The van der Waals surface area contributed by atoms with Crippen LogP contribution in [-0.4, -0.2) is 70.9 Å². The van der Waals surface area contributed by atoms with Gasteiger partial charge in [0.25, 0.3) is 0 Å². The summed E-state index contributed by atoms with van der Waals surface area (Å²) in [7, 11) is 0. The molecule has 0 aromatic carbocycles. The fourth-order valence-corrected chi connectivity index (χ4v) is 4.81. The largest absolute Gasteiger partial charge is 0.480 e. The Morgan fingerprint density at radius 2 is 1.90 bits per heavy atom. The zero-order valence-corrected chi connectivity index (χ0v) is 17.2. The summed E-state index contributed by atoms with van der Waals surface area (Å²) in [5, 5.41) is 13.8. The van der Waals surface area contributed by atoms with Gasteiger partial charge in [0, 0.05) is 44.7 Å². The van der Waals surface area contributed by atoms with Gasteiger partial charge in [-0.15, -0.1) is 0 Å². The van der Waals surface area contributed by atoms with Crippen LogP contribution in [-0.2, 0) is 14.3 Å². The van der Waals surface area contributed by atoms with E-state index in [9.17, 15) is 14.7 Å². The number of rotatable bonds is 4. The van der Waals surface area contributed by atoms with Gasteiger partial charge >= 0.3 is 12.0 Å². The molecule has 1 atom stereocenters. The molecule has 1 unspecified atom stereocenters. The van der Waals surface area contributed by atoms with Crippen LogP contribution >= 0.6 is 0 Å². The van der Waals surface area contributed by atoms with E-state index in [1.165, 1.54) is 0 Å². The highest BCUT2D eigenvalue weighted by Gasteiger charge is 2.51. The maximum atomic E-state index is 13.1. The third-order valence-electron chi connectivity index (χ3n) is 6.69. The minimum atomic E-state index is -0.900. The lowest BCUT2D eigenvalue weighted by Crippen LogP contribution is -2.46. The fourth-order valence-electron chi connectivity index (χ4n) is 4.81. The Morgan fingerprint density at radius 3 is 2.48 bits per heavy atom. The molecule has 0 radical (unpaired) electrons. The summed E-state index contributed by atoms with van der Waals surface area (Å²) in [5.74, 6) is -0.129. The van der Waals surface area contributed by atoms with E-state index in [1.807, 2.05) is 13.8 Å². The molecule has 0 aliphatic carbocycles. The van der Waals surface area contributed by atoms with Crippen LogP contribution in [0.5, 0.6) is 0 Å². The molecule has 4 heterocycles. The number of aromatic nitrogens is 2. The van der Waals surface area contributed by atoms with Crippen LogP contribution in [0.15, 0.2) is 4.52 Å². The van der Waals surface area contributed by atoms with Gasteiger partial charge in [-0.3, -0.25) is 4.79 Å². The van der Waals surface area contributed by atoms with Gasteiger partial charge in [0.05, 0.1) is 0 Å². The number of likely N-dealkylation sites (tertiary alicyclic amines) is 1. The second-order valence-corrected chi connectivity index (χ2v) is 8.99. The van der Waals surface area contributed by atoms with E-state index in [4.69, 9.17) is 9.26 Å². The lowest BCUT2D eigenvalue weighted by molar-refractivity contribution is -0.151. The predicted octanol–water partition coefficient (Wildman–Crippen LogP) is 1.89. The Morgan fingerprint density at radius 1 is 1.21 bits per heavy atom. The molecule has 1 aromatic heterocycles. The van der Waals surface area contributed by atoms with Crippen molar-refractivity contribution in [2.45, 2.75) is 57.9 Å². The Labute approximate surface area is 170 Å². The molecular formula is C20H30N4O5. The summed E-state index contributed by atoms with van der Waals surface area (Å²) in [6, 6.07) is -0.195. The molecule has 1 N–H and O–H groups in total. The highest BCUT2D eigenvalue weighted by Crippen LogP contribution is 2.45. The maximum absolute atomic E-state index is 13.1. The number of carboxylic acid groups (broad SMARTS) is 1. The van der Waals surface area contributed by atoms with Gasteiger partial charge in [-0.2, -0.15) is 4.98 Å². The lowest BCUT2D eigenvalue weighted by atomic mass is 9.76. The van der Waals surface area contributed by atoms with E-state index >= 15 is 0 Å². The number of piperidine rings is 1. The number of anilines is 1. The summed E-state index contributed by atoms with van der Waals surface area (Å²) in [6.07, 6.45) is 3.50. The molecule has 3 aliphatic rings. The molecule has 3 aliphatic heterocycles. The zero-order chi connectivity index (χ0) is 20.6. The summed E-state index contributed by atoms with van der Waals surface area (Å²) in [4.78, 5) is 33.2. The second kappa shape index (κ2) is 7.93. The van der Waals surface area contributed by atoms with Crippen molar-refractivity contribution in [2.24, 2.45) is 11.3 Å². The number of hydrogen-bond acceptors (Lipinski definition) is 7. The fraction of sp³-hybridized carbons (Fsp3) is 0.800. The number of ether oxygens (including phenoxy) is 1. The number of hydrogen-bond donors (Lipinski definition) is 1. The average molecular weight is 406 g/mol. The minimum absolute atomic E-state index is 0.0153. The molecule has 9 nitrogen and oxygen atoms in total. The first kappa shape index (κ1) is 20.1. The van der Waals surface area contributed by atoms with Gasteiger partial charge in [0.1, 0.15) is 6.04 Å². The molecule has 9 heteroatoms. The van der Waals surface area contributed by atoms with Crippen LogP contribution in [0.3, 0.4) is 0 Å². The van der Waals surface area contributed by atoms with Crippen LogP contribution in [0.2, 0.25) is 0 Å². The van der Waals surface area contributed by atoms with E-state index < -0.39 is 12.0 Å². The van der Waals surface area contributed by atoms with E-state index in [0.717, 1.165) is 25.9 Å². The van der Waals surface area contributed by atoms with Gasteiger partial charge in [0.2, 0.25) is 5.91 Å². The topological polar surface area (TPSA) is 109 Å². The Kier molecular flexibility index (Phi) is 5.50. The van der Waals surface area contributed by atoms with E-state index in [1.54, 1.807) is 4.90 Å². The van der Waals surface area contributed by atoms with Gasteiger partial charge in [-0.25, -0.2) is 4.79 Å². The Bertz CT molecular complexity index is 750. The Balaban J connectivity index is 1.43. The first-order valence-electron chi connectivity index (χ1n) is 10.6. The molecule has 3 fully saturated rings. The van der Waals surface area contributed by atoms with Crippen molar-refractivity contribution < 1.29 is 24.0 Å². The monoisotopic (exact) mass is 406 g/mol. The van der Waals surface area contributed by atoms with Crippen molar-refractivity contribution in [3.63, 3.8) is 0 Å². The van der Waals surface area contributed by atoms with Crippen molar-refractivity contribution in [3.8, 4) is 0 Å². The maximum Gasteiger partial charge on any atom is 0.326 e. The minimum Gasteiger partial charge on any atom is -0.480 e. The average Bonchev–Trinajstić information content (AvgIpc) is 3.35. The smallest absolute Gasteiger partial charge is 0.326 e. The quantitative estimate of drug-likeness (QED) is 0.807. The third-order valence-corrected chi connectivity index (χ3v) is 6.69.